The van der Waals surface area contributed by atoms with Gasteiger partial charge in [0.25, 0.3) is 5.88 Å². The van der Waals surface area contributed by atoms with Gasteiger partial charge in [-0.1, -0.05) is 24.8 Å². The molecular formula is C25H27N5O4. The molecule has 176 valence electrons. The number of carbonyl (C=O) groups is 1. The Morgan fingerprint density at radius 2 is 1.97 bits per heavy atom. The maximum Gasteiger partial charge on any atom is 0.280 e. The molecule has 0 spiro atoms. The zero-order valence-corrected chi connectivity index (χ0v) is 18.8. The monoisotopic (exact) mass is 461 g/mol. The molecule has 4 rings (SSSR count). The third-order valence-electron chi connectivity index (χ3n) is 5.21. The molecule has 1 fully saturated rings. The Morgan fingerprint density at radius 3 is 2.71 bits per heavy atom. The number of nitrogens with two attached hydrogens (primary N) is 1. The van der Waals surface area contributed by atoms with Gasteiger partial charge in [-0.05, 0) is 36.4 Å². The molecule has 2 heterocycles. The van der Waals surface area contributed by atoms with E-state index in [9.17, 15) is 4.79 Å². The fourth-order valence-corrected chi connectivity index (χ4v) is 3.41. The van der Waals surface area contributed by atoms with Gasteiger partial charge < -0.3 is 24.9 Å². The van der Waals surface area contributed by atoms with Gasteiger partial charge in [0.05, 0.1) is 24.2 Å². The topological polar surface area (TPSA) is 115 Å². The molecule has 1 saturated heterocycles. The van der Waals surface area contributed by atoms with Crippen LogP contribution in [-0.4, -0.2) is 66.3 Å². The van der Waals surface area contributed by atoms with Crippen molar-refractivity contribution >= 4 is 23.0 Å². The SMILES string of the molecule is C=CC=N/C(Oc1ccc(C(=O)c2nc3ccccc3[nH]2)cc1)=C(\N)OCCN1CCOCC1. The lowest BCUT2D eigenvalue weighted by molar-refractivity contribution is 0.0267. The number of aromatic nitrogens is 2. The number of benzene rings is 2. The van der Waals surface area contributed by atoms with Crippen molar-refractivity contribution in [2.45, 2.75) is 0 Å². The number of aromatic amines is 1. The van der Waals surface area contributed by atoms with E-state index in [2.05, 4.69) is 26.4 Å². The Bertz CT molecular complexity index is 1160. The van der Waals surface area contributed by atoms with E-state index in [0.29, 0.717) is 17.9 Å². The number of hydrogen-bond acceptors (Lipinski definition) is 8. The number of ether oxygens (including phenoxy) is 3. The van der Waals surface area contributed by atoms with Gasteiger partial charge in [-0.15, -0.1) is 0 Å². The largest absolute Gasteiger partial charge is 0.474 e. The first kappa shape index (κ1) is 23.2. The highest BCUT2D eigenvalue weighted by atomic mass is 16.5. The second-order valence-corrected chi connectivity index (χ2v) is 7.54. The number of hydrogen-bond donors (Lipinski definition) is 2. The van der Waals surface area contributed by atoms with Gasteiger partial charge in [-0.25, -0.2) is 9.98 Å². The standard InChI is InChI=1S/C25H27N5O4/c1-2-11-27-25(23(26)33-17-14-30-12-15-32-16-13-30)34-19-9-7-18(8-10-19)22(31)24-28-20-5-3-4-6-21(20)29-24/h2-11H,1,12-17,26H2,(H,28,29)/b25-23-,27-11?. The number of morpholine rings is 1. The number of ketones is 1. The number of rotatable bonds is 10. The second-order valence-electron chi connectivity index (χ2n) is 7.54. The van der Waals surface area contributed by atoms with Crippen LogP contribution in [0.1, 0.15) is 16.2 Å². The van der Waals surface area contributed by atoms with Crippen molar-refractivity contribution in [1.29, 1.82) is 0 Å². The Hall–Kier alpha value is -3.95. The Kier molecular flexibility index (Phi) is 7.69. The Balaban J connectivity index is 1.41. The third kappa shape index (κ3) is 5.89. The molecule has 0 aliphatic carbocycles. The molecule has 3 N–H and O–H groups in total. The summed E-state index contributed by atoms with van der Waals surface area (Å²) >= 11 is 0. The van der Waals surface area contributed by atoms with Crippen molar-refractivity contribution in [2.75, 3.05) is 39.5 Å². The summed E-state index contributed by atoms with van der Waals surface area (Å²) in [5.74, 6) is 0.697. The van der Waals surface area contributed by atoms with Crippen LogP contribution in [0.3, 0.4) is 0 Å². The maximum absolute atomic E-state index is 12.8. The fourth-order valence-electron chi connectivity index (χ4n) is 3.41. The van der Waals surface area contributed by atoms with Crippen molar-refractivity contribution in [3.63, 3.8) is 0 Å². The van der Waals surface area contributed by atoms with Gasteiger partial charge >= 0.3 is 0 Å². The molecule has 0 atom stereocenters. The summed E-state index contributed by atoms with van der Waals surface area (Å²) in [4.78, 5) is 26.7. The molecule has 1 aromatic heterocycles. The van der Waals surface area contributed by atoms with Crippen molar-refractivity contribution in [2.24, 2.45) is 10.7 Å². The fraction of sp³-hybridized carbons (Fsp3) is 0.240. The molecule has 2 aromatic carbocycles. The summed E-state index contributed by atoms with van der Waals surface area (Å²) in [6.07, 6.45) is 2.98. The van der Waals surface area contributed by atoms with Crippen molar-refractivity contribution in [1.82, 2.24) is 14.9 Å². The maximum atomic E-state index is 12.8. The summed E-state index contributed by atoms with van der Waals surface area (Å²) in [6.45, 7) is 7.91. The van der Waals surface area contributed by atoms with E-state index in [-0.39, 0.29) is 23.4 Å². The molecular weight excluding hydrogens is 434 g/mol. The summed E-state index contributed by atoms with van der Waals surface area (Å²) in [5.41, 5.74) is 8.11. The van der Waals surface area contributed by atoms with Crippen LogP contribution < -0.4 is 10.5 Å². The average molecular weight is 462 g/mol. The summed E-state index contributed by atoms with van der Waals surface area (Å²) in [5, 5.41) is 0. The van der Waals surface area contributed by atoms with Crippen molar-refractivity contribution in [3.05, 3.63) is 84.3 Å². The number of para-hydroxylation sites is 2. The van der Waals surface area contributed by atoms with Crippen LogP contribution in [0.25, 0.3) is 11.0 Å². The summed E-state index contributed by atoms with van der Waals surface area (Å²) < 4.78 is 16.8. The minimum absolute atomic E-state index is 0.0637. The number of nitrogens with zero attached hydrogens (tertiary/aromatic N) is 3. The highest BCUT2D eigenvalue weighted by molar-refractivity contribution is 6.08. The van der Waals surface area contributed by atoms with Crippen molar-refractivity contribution in [3.8, 4) is 5.75 Å². The van der Waals surface area contributed by atoms with E-state index in [1.807, 2.05) is 24.3 Å². The molecule has 34 heavy (non-hydrogen) atoms. The van der Waals surface area contributed by atoms with E-state index >= 15 is 0 Å². The van der Waals surface area contributed by atoms with Gasteiger partial charge in [-0.3, -0.25) is 9.69 Å². The van der Waals surface area contributed by atoms with E-state index in [4.69, 9.17) is 19.9 Å². The van der Waals surface area contributed by atoms with Crippen LogP contribution in [0.15, 0.2) is 77.9 Å². The molecule has 9 nitrogen and oxygen atoms in total. The second kappa shape index (κ2) is 11.3. The van der Waals surface area contributed by atoms with Crippen LogP contribution >= 0.6 is 0 Å². The molecule has 9 heteroatoms. The van der Waals surface area contributed by atoms with Crippen LogP contribution in [0.5, 0.6) is 5.75 Å². The summed E-state index contributed by atoms with van der Waals surface area (Å²) in [7, 11) is 0. The molecule has 0 amide bonds. The first-order chi connectivity index (χ1) is 16.6. The molecule has 3 aromatic rings. The Labute approximate surface area is 197 Å². The smallest absolute Gasteiger partial charge is 0.280 e. The lowest BCUT2D eigenvalue weighted by Gasteiger charge is -2.26. The number of fused-ring (bicyclic) bond motifs is 1. The highest BCUT2D eigenvalue weighted by Gasteiger charge is 2.15. The third-order valence-corrected chi connectivity index (χ3v) is 5.21. The minimum atomic E-state index is -0.214. The predicted molar refractivity (Wildman–Crippen MR) is 130 cm³/mol. The van der Waals surface area contributed by atoms with E-state index < -0.39 is 0 Å². The first-order valence-electron chi connectivity index (χ1n) is 11.0. The van der Waals surface area contributed by atoms with Crippen molar-refractivity contribution < 1.29 is 19.0 Å². The zero-order chi connectivity index (χ0) is 23.8. The zero-order valence-electron chi connectivity index (χ0n) is 18.8. The predicted octanol–water partition coefficient (Wildman–Crippen LogP) is 2.86. The number of aliphatic imine (C=N–C) groups is 1. The Morgan fingerprint density at radius 1 is 1.21 bits per heavy atom. The molecule has 0 bridgehead atoms. The van der Waals surface area contributed by atoms with Gasteiger partial charge in [0, 0.05) is 31.4 Å². The summed E-state index contributed by atoms with van der Waals surface area (Å²) in [6, 6.07) is 14.1. The number of imidazole rings is 1. The quantitative estimate of drug-likeness (QED) is 0.271. The minimum Gasteiger partial charge on any atom is -0.474 e. The van der Waals surface area contributed by atoms with E-state index in [1.165, 1.54) is 12.3 Å². The number of nitrogens with one attached hydrogen (secondary N) is 1. The lowest BCUT2D eigenvalue weighted by Crippen LogP contribution is -2.38. The lowest BCUT2D eigenvalue weighted by atomic mass is 10.1. The molecule has 0 unspecified atom stereocenters. The molecule has 0 radical (unpaired) electrons. The van der Waals surface area contributed by atoms with Crippen LogP contribution in [0.4, 0.5) is 0 Å². The number of H-pyrrole nitrogens is 1. The van der Waals surface area contributed by atoms with Crippen LogP contribution in [-0.2, 0) is 9.47 Å². The number of carbonyl (C=O) groups excluding carboxylic acids is 1. The van der Waals surface area contributed by atoms with Crippen LogP contribution in [0, 0.1) is 0 Å². The van der Waals surface area contributed by atoms with E-state index in [0.717, 1.165) is 43.9 Å². The van der Waals surface area contributed by atoms with Gasteiger partial charge in [-0.2, -0.15) is 0 Å². The average Bonchev–Trinajstić information content (AvgIpc) is 3.31. The van der Waals surface area contributed by atoms with Gasteiger partial charge in [0.15, 0.2) is 5.82 Å². The highest BCUT2D eigenvalue weighted by Crippen LogP contribution is 2.19. The van der Waals surface area contributed by atoms with Gasteiger partial charge in [0.2, 0.25) is 11.7 Å². The van der Waals surface area contributed by atoms with Crippen LogP contribution in [0.2, 0.25) is 0 Å². The molecule has 0 saturated carbocycles. The normalized spacial score (nSPS) is 15.3. The number of allylic oxidation sites excluding steroid dienone is 1. The molecule has 1 aliphatic rings. The molecule has 1 aliphatic heterocycles. The first-order valence-corrected chi connectivity index (χ1v) is 11.0. The van der Waals surface area contributed by atoms with Gasteiger partial charge in [0.1, 0.15) is 12.4 Å². The van der Waals surface area contributed by atoms with E-state index in [1.54, 1.807) is 24.3 Å².